The first-order valence-electron chi connectivity index (χ1n) is 11.7. The van der Waals surface area contributed by atoms with Gasteiger partial charge in [-0.15, -0.1) is 0 Å². The second-order valence-electron chi connectivity index (χ2n) is 9.21. The molecule has 3 aliphatic rings. The number of fused-ring (bicyclic) bond motifs is 2. The molecular weight excluding hydrogens is 463 g/mol. The maximum atomic E-state index is 13.9. The molecule has 1 atom stereocenters. The second-order valence-corrected chi connectivity index (χ2v) is 9.21. The number of likely N-dealkylation sites (N-methyl/N-ethyl adjacent to an activating group) is 1. The summed E-state index contributed by atoms with van der Waals surface area (Å²) in [6, 6.07) is 14.1. The highest BCUT2D eigenvalue weighted by Crippen LogP contribution is 2.45. The molecule has 0 saturated heterocycles. The first kappa shape index (κ1) is 22.2. The summed E-state index contributed by atoms with van der Waals surface area (Å²) in [5.74, 6) is -0.386. The van der Waals surface area contributed by atoms with Crippen LogP contribution in [0.4, 0.5) is 21.7 Å². The lowest BCUT2D eigenvalue weighted by atomic mass is 9.95. The summed E-state index contributed by atoms with van der Waals surface area (Å²) in [7, 11) is 2.99. The number of hydrogen-bond acceptors (Lipinski definition) is 6. The van der Waals surface area contributed by atoms with E-state index in [0.717, 1.165) is 12.8 Å². The Kier molecular flexibility index (Phi) is 5.03. The van der Waals surface area contributed by atoms with Crippen molar-refractivity contribution in [2.45, 2.75) is 24.9 Å². The number of esters is 1. The molecule has 3 aromatic rings. The van der Waals surface area contributed by atoms with Crippen molar-refractivity contribution in [2.75, 3.05) is 35.4 Å². The number of carbonyl (C=O) groups excluding carboxylic acids is 3. The van der Waals surface area contributed by atoms with Crippen LogP contribution >= 0.6 is 0 Å². The standard InChI is InChI=1S/C27H23FN4O4/c1-30-20-12-13-21(29-25(20)31(14-22(30)33)17-10-11-17)32-24(15-6-8-16(28)9-7-15)18-4-3-5-19(27(35)36-2)23(18)26(32)34/h3-9,12-13,17,24H,10-11,14H2,1-2H3. The molecular formula is C27H23FN4O4. The molecule has 0 N–H and O–H groups in total. The van der Waals surface area contributed by atoms with Crippen LogP contribution in [0, 0.1) is 5.82 Å². The zero-order valence-electron chi connectivity index (χ0n) is 19.8. The van der Waals surface area contributed by atoms with E-state index in [1.807, 2.05) is 4.90 Å². The third kappa shape index (κ3) is 3.34. The van der Waals surface area contributed by atoms with Crippen LogP contribution in [-0.2, 0) is 9.53 Å². The van der Waals surface area contributed by atoms with Gasteiger partial charge in [-0.25, -0.2) is 14.2 Å². The number of anilines is 3. The quantitative estimate of drug-likeness (QED) is 0.523. The fourth-order valence-corrected chi connectivity index (χ4v) is 5.09. The maximum Gasteiger partial charge on any atom is 0.338 e. The van der Waals surface area contributed by atoms with Gasteiger partial charge >= 0.3 is 5.97 Å². The molecule has 2 amide bonds. The van der Waals surface area contributed by atoms with Crippen LogP contribution in [0.15, 0.2) is 54.6 Å². The summed E-state index contributed by atoms with van der Waals surface area (Å²) >= 11 is 0. The summed E-state index contributed by atoms with van der Waals surface area (Å²) in [6.07, 6.45) is 1.97. The van der Waals surface area contributed by atoms with Crippen molar-refractivity contribution in [3.05, 3.63) is 82.7 Å². The minimum Gasteiger partial charge on any atom is -0.465 e. The molecule has 8 nitrogen and oxygen atoms in total. The average molecular weight is 487 g/mol. The Bertz CT molecular complexity index is 1420. The summed E-state index contributed by atoms with van der Waals surface area (Å²) in [4.78, 5) is 49.0. The lowest BCUT2D eigenvalue weighted by molar-refractivity contribution is -0.117. The van der Waals surface area contributed by atoms with Gasteiger partial charge in [-0.1, -0.05) is 24.3 Å². The van der Waals surface area contributed by atoms with E-state index in [1.165, 1.54) is 24.1 Å². The monoisotopic (exact) mass is 486 g/mol. The van der Waals surface area contributed by atoms with Gasteiger partial charge in [0.15, 0.2) is 5.82 Å². The number of ether oxygens (including phenoxy) is 1. The molecule has 1 fully saturated rings. The molecule has 2 aromatic carbocycles. The number of aromatic nitrogens is 1. The molecule has 0 spiro atoms. The van der Waals surface area contributed by atoms with Gasteiger partial charge in [-0.2, -0.15) is 0 Å². The van der Waals surface area contributed by atoms with Crippen molar-refractivity contribution in [3.8, 4) is 0 Å². The fraction of sp³-hybridized carbons (Fsp3) is 0.259. The lowest BCUT2D eigenvalue weighted by Gasteiger charge is -2.35. The van der Waals surface area contributed by atoms with Crippen LogP contribution in [0.1, 0.15) is 50.7 Å². The highest BCUT2D eigenvalue weighted by molar-refractivity contribution is 6.16. The smallest absolute Gasteiger partial charge is 0.338 e. The van der Waals surface area contributed by atoms with Crippen molar-refractivity contribution < 1.29 is 23.5 Å². The third-order valence-electron chi connectivity index (χ3n) is 7.06. The van der Waals surface area contributed by atoms with Gasteiger partial charge in [0.1, 0.15) is 11.6 Å². The largest absolute Gasteiger partial charge is 0.465 e. The van der Waals surface area contributed by atoms with Gasteiger partial charge in [0.05, 0.1) is 36.5 Å². The molecule has 9 heteroatoms. The molecule has 182 valence electrons. The second kappa shape index (κ2) is 8.15. The molecule has 0 radical (unpaired) electrons. The topological polar surface area (TPSA) is 83.0 Å². The number of amides is 2. The van der Waals surface area contributed by atoms with Crippen molar-refractivity contribution in [1.29, 1.82) is 0 Å². The number of nitrogens with zero attached hydrogens (tertiary/aromatic N) is 4. The normalized spacial score (nSPS) is 18.9. The van der Waals surface area contributed by atoms with E-state index in [1.54, 1.807) is 54.4 Å². The predicted molar refractivity (Wildman–Crippen MR) is 131 cm³/mol. The Hall–Kier alpha value is -4.27. The minimum atomic E-state index is -0.624. The molecule has 3 heterocycles. The molecule has 0 bridgehead atoms. The number of methoxy groups -OCH3 is 1. The number of hydrogen-bond donors (Lipinski definition) is 0. The molecule has 1 saturated carbocycles. The average Bonchev–Trinajstić information content (AvgIpc) is 3.69. The van der Waals surface area contributed by atoms with Crippen LogP contribution in [0.25, 0.3) is 0 Å². The van der Waals surface area contributed by atoms with E-state index < -0.39 is 23.7 Å². The number of rotatable bonds is 4. The van der Waals surface area contributed by atoms with Crippen molar-refractivity contribution in [2.24, 2.45) is 0 Å². The highest BCUT2D eigenvalue weighted by atomic mass is 19.1. The molecule has 1 aliphatic carbocycles. The predicted octanol–water partition coefficient (Wildman–Crippen LogP) is 3.70. The highest BCUT2D eigenvalue weighted by Gasteiger charge is 2.43. The van der Waals surface area contributed by atoms with Crippen LogP contribution in [0.5, 0.6) is 0 Å². The van der Waals surface area contributed by atoms with Crippen LogP contribution in [0.2, 0.25) is 0 Å². The van der Waals surface area contributed by atoms with Gasteiger partial charge in [-0.3, -0.25) is 14.5 Å². The number of benzene rings is 2. The third-order valence-corrected chi connectivity index (χ3v) is 7.06. The van der Waals surface area contributed by atoms with Gasteiger partial charge in [0.25, 0.3) is 5.91 Å². The lowest BCUT2D eigenvalue weighted by Crippen LogP contribution is -2.45. The number of carbonyl (C=O) groups is 3. The van der Waals surface area contributed by atoms with Crippen LogP contribution in [-0.4, -0.2) is 49.5 Å². The van der Waals surface area contributed by atoms with Crippen molar-refractivity contribution in [3.63, 3.8) is 0 Å². The molecule has 1 unspecified atom stereocenters. The Morgan fingerprint density at radius 2 is 1.81 bits per heavy atom. The zero-order valence-corrected chi connectivity index (χ0v) is 19.8. The van der Waals surface area contributed by atoms with Crippen LogP contribution in [0.3, 0.4) is 0 Å². The first-order chi connectivity index (χ1) is 17.4. The Labute approximate surface area is 206 Å². The van der Waals surface area contributed by atoms with E-state index in [4.69, 9.17) is 9.72 Å². The SMILES string of the molecule is COC(=O)c1cccc2c1C(=O)N(c1ccc3c(n1)N(C1CC1)CC(=O)N3C)C2c1ccc(F)cc1. The zero-order chi connectivity index (χ0) is 25.1. The first-order valence-corrected chi connectivity index (χ1v) is 11.7. The molecule has 2 aliphatic heterocycles. The number of pyridine rings is 1. The minimum absolute atomic E-state index is 0.0134. The Balaban J connectivity index is 1.53. The Morgan fingerprint density at radius 3 is 2.50 bits per heavy atom. The van der Waals surface area contributed by atoms with E-state index in [9.17, 15) is 18.8 Å². The maximum absolute atomic E-state index is 13.9. The molecule has 36 heavy (non-hydrogen) atoms. The van der Waals surface area contributed by atoms with Crippen molar-refractivity contribution in [1.82, 2.24) is 4.98 Å². The van der Waals surface area contributed by atoms with Gasteiger partial charge in [0, 0.05) is 13.1 Å². The summed E-state index contributed by atoms with van der Waals surface area (Å²) in [6.45, 7) is 0.229. The summed E-state index contributed by atoms with van der Waals surface area (Å²) < 4.78 is 18.7. The van der Waals surface area contributed by atoms with Gasteiger partial charge in [-0.05, 0) is 54.3 Å². The van der Waals surface area contributed by atoms with Crippen LogP contribution < -0.4 is 14.7 Å². The van der Waals surface area contributed by atoms with Crippen molar-refractivity contribution >= 4 is 35.1 Å². The van der Waals surface area contributed by atoms with E-state index in [0.29, 0.717) is 28.5 Å². The summed E-state index contributed by atoms with van der Waals surface area (Å²) in [5.41, 5.74) is 2.37. The molecule has 1 aromatic heterocycles. The summed E-state index contributed by atoms with van der Waals surface area (Å²) in [5, 5.41) is 0. The molecule has 6 rings (SSSR count). The van der Waals surface area contributed by atoms with E-state index >= 15 is 0 Å². The van der Waals surface area contributed by atoms with E-state index in [-0.39, 0.29) is 29.6 Å². The number of halogens is 1. The van der Waals surface area contributed by atoms with Gasteiger partial charge in [0.2, 0.25) is 5.91 Å². The van der Waals surface area contributed by atoms with E-state index in [2.05, 4.69) is 0 Å². The Morgan fingerprint density at radius 1 is 1.06 bits per heavy atom. The fourth-order valence-electron chi connectivity index (χ4n) is 5.09. The van der Waals surface area contributed by atoms with Gasteiger partial charge < -0.3 is 14.5 Å².